The molecule has 1 aromatic carbocycles. The number of nitrogens with zero attached hydrogens (tertiary/aromatic N) is 1. The van der Waals surface area contributed by atoms with E-state index in [0.29, 0.717) is 5.15 Å². The summed E-state index contributed by atoms with van der Waals surface area (Å²) in [5, 5.41) is 0.561. The van der Waals surface area contributed by atoms with Crippen LogP contribution < -0.4 is 0 Å². The first-order valence-corrected chi connectivity index (χ1v) is 5.24. The first kappa shape index (κ1) is 10.2. The van der Waals surface area contributed by atoms with Gasteiger partial charge in [0.2, 0.25) is 0 Å². The van der Waals surface area contributed by atoms with Gasteiger partial charge in [0.15, 0.2) is 0 Å². The number of aryl methyl sites for hydroxylation is 2. The van der Waals surface area contributed by atoms with E-state index in [-0.39, 0.29) is 0 Å². The van der Waals surface area contributed by atoms with Crippen LogP contribution in [0.25, 0.3) is 11.1 Å². The van der Waals surface area contributed by atoms with Gasteiger partial charge in [0.25, 0.3) is 0 Å². The zero-order valence-electron chi connectivity index (χ0n) is 8.79. The third-order valence-electron chi connectivity index (χ3n) is 2.44. The Morgan fingerprint density at radius 2 is 1.87 bits per heavy atom. The van der Waals surface area contributed by atoms with Crippen molar-refractivity contribution in [3.8, 4) is 11.1 Å². The Balaban J connectivity index is 2.64. The summed E-state index contributed by atoms with van der Waals surface area (Å²) < 4.78 is 0. The van der Waals surface area contributed by atoms with Gasteiger partial charge in [-0.25, -0.2) is 4.98 Å². The third-order valence-corrected chi connectivity index (χ3v) is 2.74. The summed E-state index contributed by atoms with van der Waals surface area (Å²) in [6.45, 7) is 4.16. The Kier molecular flexibility index (Phi) is 2.74. The average molecular weight is 218 g/mol. The predicted octanol–water partition coefficient (Wildman–Crippen LogP) is 4.02. The molecule has 0 radical (unpaired) electrons. The van der Waals surface area contributed by atoms with Crippen LogP contribution in [0.2, 0.25) is 5.15 Å². The van der Waals surface area contributed by atoms with Gasteiger partial charge in [-0.15, -0.1) is 0 Å². The second kappa shape index (κ2) is 4.03. The first-order chi connectivity index (χ1) is 7.18. The number of pyridine rings is 1. The Bertz CT molecular complexity index is 492. The fourth-order valence-corrected chi connectivity index (χ4v) is 1.83. The van der Waals surface area contributed by atoms with Crippen LogP contribution in [0, 0.1) is 13.8 Å². The highest BCUT2D eigenvalue weighted by atomic mass is 35.5. The molecule has 0 N–H and O–H groups in total. The molecule has 0 bridgehead atoms. The third kappa shape index (κ3) is 2.02. The van der Waals surface area contributed by atoms with Crippen LogP contribution in [0.15, 0.2) is 36.5 Å². The molecule has 0 aliphatic rings. The molecule has 0 amide bonds. The van der Waals surface area contributed by atoms with Crippen molar-refractivity contribution < 1.29 is 0 Å². The van der Waals surface area contributed by atoms with Crippen LogP contribution in [0.4, 0.5) is 0 Å². The Morgan fingerprint density at radius 1 is 1.07 bits per heavy atom. The molecule has 2 aromatic rings. The molecule has 1 nitrogen and oxygen atoms in total. The Morgan fingerprint density at radius 3 is 2.60 bits per heavy atom. The summed E-state index contributed by atoms with van der Waals surface area (Å²) >= 11 is 6.07. The van der Waals surface area contributed by atoms with E-state index < -0.39 is 0 Å². The molecule has 0 saturated carbocycles. The SMILES string of the molecule is Cc1ccc(C)c(-c2cccnc2Cl)c1. The van der Waals surface area contributed by atoms with Gasteiger partial charge in [0.05, 0.1) is 0 Å². The van der Waals surface area contributed by atoms with Gasteiger partial charge >= 0.3 is 0 Å². The second-order valence-corrected chi connectivity index (χ2v) is 4.02. The van der Waals surface area contributed by atoms with Crippen LogP contribution in [-0.4, -0.2) is 4.98 Å². The number of benzene rings is 1. The smallest absolute Gasteiger partial charge is 0.136 e. The molecule has 76 valence electrons. The molecule has 2 rings (SSSR count). The lowest BCUT2D eigenvalue weighted by Gasteiger charge is -2.08. The van der Waals surface area contributed by atoms with Crippen molar-refractivity contribution in [1.29, 1.82) is 0 Å². The van der Waals surface area contributed by atoms with Gasteiger partial charge in [-0.3, -0.25) is 0 Å². The number of hydrogen-bond acceptors (Lipinski definition) is 1. The summed E-state index contributed by atoms with van der Waals surface area (Å²) in [6.07, 6.45) is 1.71. The lowest BCUT2D eigenvalue weighted by Crippen LogP contribution is -1.87. The van der Waals surface area contributed by atoms with Crippen molar-refractivity contribution in [3.05, 3.63) is 52.8 Å². The fourth-order valence-electron chi connectivity index (χ4n) is 1.61. The molecule has 0 unspecified atom stereocenters. The van der Waals surface area contributed by atoms with E-state index in [2.05, 4.69) is 37.0 Å². The summed E-state index contributed by atoms with van der Waals surface area (Å²) in [6, 6.07) is 10.2. The lowest BCUT2D eigenvalue weighted by atomic mass is 10.00. The largest absolute Gasteiger partial charge is 0.244 e. The van der Waals surface area contributed by atoms with Crippen molar-refractivity contribution in [2.75, 3.05) is 0 Å². The van der Waals surface area contributed by atoms with Crippen LogP contribution in [0.5, 0.6) is 0 Å². The first-order valence-electron chi connectivity index (χ1n) is 4.86. The normalized spacial score (nSPS) is 10.3. The fraction of sp³-hybridized carbons (Fsp3) is 0.154. The molecule has 2 heteroatoms. The quantitative estimate of drug-likeness (QED) is 0.658. The van der Waals surface area contributed by atoms with E-state index in [0.717, 1.165) is 11.1 Å². The van der Waals surface area contributed by atoms with E-state index in [4.69, 9.17) is 11.6 Å². The summed E-state index contributed by atoms with van der Waals surface area (Å²) in [5.41, 5.74) is 4.61. The second-order valence-electron chi connectivity index (χ2n) is 3.66. The highest BCUT2D eigenvalue weighted by Gasteiger charge is 2.06. The molecule has 1 aromatic heterocycles. The maximum Gasteiger partial charge on any atom is 0.136 e. The predicted molar refractivity (Wildman–Crippen MR) is 64.2 cm³/mol. The van der Waals surface area contributed by atoms with E-state index in [1.807, 2.05) is 12.1 Å². The molecule has 0 atom stereocenters. The summed E-state index contributed by atoms with van der Waals surface area (Å²) in [4.78, 5) is 4.09. The van der Waals surface area contributed by atoms with Gasteiger partial charge in [-0.2, -0.15) is 0 Å². The van der Waals surface area contributed by atoms with Crippen LogP contribution in [-0.2, 0) is 0 Å². The molecule has 0 spiro atoms. The minimum absolute atomic E-state index is 0.561. The van der Waals surface area contributed by atoms with E-state index in [1.165, 1.54) is 11.1 Å². The summed E-state index contributed by atoms with van der Waals surface area (Å²) in [5.74, 6) is 0. The van der Waals surface area contributed by atoms with Crippen molar-refractivity contribution in [2.24, 2.45) is 0 Å². The maximum atomic E-state index is 6.07. The van der Waals surface area contributed by atoms with Crippen molar-refractivity contribution in [3.63, 3.8) is 0 Å². The maximum absolute atomic E-state index is 6.07. The zero-order chi connectivity index (χ0) is 10.8. The van der Waals surface area contributed by atoms with Gasteiger partial charge in [0, 0.05) is 11.8 Å². The topological polar surface area (TPSA) is 12.9 Å². The molecular formula is C13H12ClN. The lowest BCUT2D eigenvalue weighted by molar-refractivity contribution is 1.31. The Hall–Kier alpha value is -1.34. The van der Waals surface area contributed by atoms with Crippen LogP contribution in [0.1, 0.15) is 11.1 Å². The van der Waals surface area contributed by atoms with Gasteiger partial charge < -0.3 is 0 Å². The minimum atomic E-state index is 0.561. The standard InChI is InChI=1S/C13H12ClN/c1-9-5-6-10(2)12(8-9)11-4-3-7-15-13(11)14/h3-8H,1-2H3. The number of hydrogen-bond donors (Lipinski definition) is 0. The Labute approximate surface area is 94.7 Å². The number of aromatic nitrogens is 1. The molecule has 1 heterocycles. The highest BCUT2D eigenvalue weighted by Crippen LogP contribution is 2.29. The monoisotopic (exact) mass is 217 g/mol. The number of halogens is 1. The van der Waals surface area contributed by atoms with Crippen molar-refractivity contribution >= 4 is 11.6 Å². The van der Waals surface area contributed by atoms with Gasteiger partial charge in [-0.05, 0) is 37.1 Å². The molecule has 0 aliphatic carbocycles. The van der Waals surface area contributed by atoms with Gasteiger partial charge in [0.1, 0.15) is 5.15 Å². The van der Waals surface area contributed by atoms with E-state index in [1.54, 1.807) is 6.20 Å². The van der Waals surface area contributed by atoms with Crippen molar-refractivity contribution in [1.82, 2.24) is 4.98 Å². The molecule has 0 saturated heterocycles. The molecule has 0 aliphatic heterocycles. The van der Waals surface area contributed by atoms with Gasteiger partial charge in [-0.1, -0.05) is 35.4 Å². The molecule has 0 fully saturated rings. The van der Waals surface area contributed by atoms with Crippen LogP contribution >= 0.6 is 11.6 Å². The van der Waals surface area contributed by atoms with E-state index >= 15 is 0 Å². The molecular weight excluding hydrogens is 206 g/mol. The van der Waals surface area contributed by atoms with Crippen LogP contribution in [0.3, 0.4) is 0 Å². The zero-order valence-corrected chi connectivity index (χ0v) is 9.55. The molecule has 15 heavy (non-hydrogen) atoms. The summed E-state index contributed by atoms with van der Waals surface area (Å²) in [7, 11) is 0. The van der Waals surface area contributed by atoms with E-state index in [9.17, 15) is 0 Å². The van der Waals surface area contributed by atoms with Crippen molar-refractivity contribution in [2.45, 2.75) is 13.8 Å². The number of rotatable bonds is 1. The average Bonchev–Trinajstić information content (AvgIpc) is 2.23. The minimum Gasteiger partial charge on any atom is -0.244 e. The highest BCUT2D eigenvalue weighted by molar-refractivity contribution is 6.32.